The van der Waals surface area contributed by atoms with E-state index in [1.807, 2.05) is 42.5 Å². The number of phenols is 1. The summed E-state index contributed by atoms with van der Waals surface area (Å²) >= 11 is 3.40. The molecule has 28 heavy (non-hydrogen) atoms. The molecule has 0 saturated carbocycles. The van der Waals surface area contributed by atoms with Crippen molar-refractivity contribution in [2.24, 2.45) is 0 Å². The molecule has 0 aliphatic heterocycles. The van der Waals surface area contributed by atoms with E-state index in [9.17, 15) is 9.90 Å². The number of carbonyl (C=O) groups excluding carboxylic acids is 1. The predicted molar refractivity (Wildman–Crippen MR) is 113 cm³/mol. The average molecular weight is 439 g/mol. The molecule has 3 aromatic carbocycles. The summed E-state index contributed by atoms with van der Waals surface area (Å²) in [7, 11) is 1.61. The number of rotatable bonds is 7. The van der Waals surface area contributed by atoms with Gasteiger partial charge in [-0.15, -0.1) is 0 Å². The summed E-state index contributed by atoms with van der Waals surface area (Å²) in [4.78, 5) is 12.3. The number of halogens is 1. The van der Waals surface area contributed by atoms with E-state index in [0.717, 1.165) is 27.1 Å². The Hall–Kier alpha value is -3.05. The highest BCUT2D eigenvalue weighted by Crippen LogP contribution is 2.24. The van der Waals surface area contributed by atoms with E-state index in [1.165, 1.54) is 18.2 Å². The van der Waals surface area contributed by atoms with E-state index in [-0.39, 0.29) is 11.5 Å². The Balaban J connectivity index is 1.73. The average Bonchev–Trinajstić information content (AvgIpc) is 2.72. The van der Waals surface area contributed by atoms with Gasteiger partial charge in [0.1, 0.15) is 23.9 Å². The van der Waals surface area contributed by atoms with Gasteiger partial charge in [-0.05, 0) is 72.3 Å². The number of methoxy groups -OCH3 is 1. The van der Waals surface area contributed by atoms with Gasteiger partial charge in [-0.2, -0.15) is 0 Å². The van der Waals surface area contributed by atoms with Crippen LogP contribution in [-0.2, 0) is 6.61 Å². The normalized spacial score (nSPS) is 10.8. The number of aromatic hydroxyl groups is 1. The summed E-state index contributed by atoms with van der Waals surface area (Å²) < 4.78 is 12.2. The first-order valence-corrected chi connectivity index (χ1v) is 9.41. The molecule has 0 aliphatic rings. The number of benzene rings is 3. The Morgan fingerprint density at radius 1 is 1.04 bits per heavy atom. The first-order valence-electron chi connectivity index (χ1n) is 8.62. The number of ether oxygens (including phenoxy) is 2. The number of allylic oxidation sites excluding steroid dienone is 1. The summed E-state index contributed by atoms with van der Waals surface area (Å²) in [6.07, 6.45) is 3.26. The van der Waals surface area contributed by atoms with Crippen LogP contribution in [0.2, 0.25) is 0 Å². The van der Waals surface area contributed by atoms with Crippen molar-refractivity contribution in [2.75, 3.05) is 7.11 Å². The molecular weight excluding hydrogens is 420 g/mol. The molecule has 3 rings (SSSR count). The smallest absolute Gasteiger partial charge is 0.185 e. The molecule has 0 spiro atoms. The maximum absolute atomic E-state index is 12.3. The molecule has 0 fully saturated rings. The molecule has 0 radical (unpaired) electrons. The third-order valence-corrected chi connectivity index (χ3v) is 4.62. The monoisotopic (exact) mass is 438 g/mol. The molecule has 5 heteroatoms. The Morgan fingerprint density at radius 2 is 1.75 bits per heavy atom. The maximum atomic E-state index is 12.3. The molecule has 0 bridgehead atoms. The molecule has 0 aromatic heterocycles. The van der Waals surface area contributed by atoms with Crippen LogP contribution in [0.5, 0.6) is 17.2 Å². The molecule has 0 heterocycles. The fraction of sp³-hybridized carbons (Fsp3) is 0.0870. The Kier molecular flexibility index (Phi) is 6.50. The van der Waals surface area contributed by atoms with Crippen molar-refractivity contribution >= 4 is 27.8 Å². The molecule has 0 saturated heterocycles. The van der Waals surface area contributed by atoms with E-state index in [2.05, 4.69) is 15.9 Å². The van der Waals surface area contributed by atoms with Crippen molar-refractivity contribution in [3.8, 4) is 17.2 Å². The molecule has 0 aliphatic carbocycles. The number of phenolic OH excluding ortho intramolecular Hbond substituents is 1. The third kappa shape index (κ3) is 5.24. The minimum atomic E-state index is -0.136. The lowest BCUT2D eigenvalue weighted by Gasteiger charge is -2.11. The lowest BCUT2D eigenvalue weighted by Crippen LogP contribution is -1.99. The molecular formula is C23H19BrO4. The minimum Gasteiger partial charge on any atom is -0.508 e. The quantitative estimate of drug-likeness (QED) is 0.383. The van der Waals surface area contributed by atoms with Gasteiger partial charge < -0.3 is 14.6 Å². The van der Waals surface area contributed by atoms with E-state index in [4.69, 9.17) is 9.47 Å². The maximum Gasteiger partial charge on any atom is 0.185 e. The van der Waals surface area contributed by atoms with Gasteiger partial charge >= 0.3 is 0 Å². The predicted octanol–water partition coefficient (Wildman–Crippen LogP) is 5.64. The minimum absolute atomic E-state index is 0.131. The van der Waals surface area contributed by atoms with E-state index in [0.29, 0.717) is 12.2 Å². The van der Waals surface area contributed by atoms with Crippen LogP contribution in [0, 0.1) is 0 Å². The van der Waals surface area contributed by atoms with Crippen LogP contribution >= 0.6 is 15.9 Å². The number of hydrogen-bond acceptors (Lipinski definition) is 4. The van der Waals surface area contributed by atoms with Crippen LogP contribution in [-0.4, -0.2) is 18.0 Å². The molecule has 4 nitrogen and oxygen atoms in total. The van der Waals surface area contributed by atoms with Crippen LogP contribution in [0.4, 0.5) is 0 Å². The summed E-state index contributed by atoms with van der Waals surface area (Å²) in [6, 6.07) is 19.4. The lowest BCUT2D eigenvalue weighted by atomic mass is 10.1. The zero-order chi connectivity index (χ0) is 19.9. The van der Waals surface area contributed by atoms with Gasteiger partial charge in [0.15, 0.2) is 5.78 Å². The first kappa shape index (κ1) is 19.7. The van der Waals surface area contributed by atoms with Crippen molar-refractivity contribution < 1.29 is 19.4 Å². The van der Waals surface area contributed by atoms with Crippen LogP contribution in [0.1, 0.15) is 21.5 Å². The van der Waals surface area contributed by atoms with Gasteiger partial charge in [0.25, 0.3) is 0 Å². The number of carbonyl (C=O) groups is 1. The van der Waals surface area contributed by atoms with Gasteiger partial charge in [0.2, 0.25) is 0 Å². The first-order chi connectivity index (χ1) is 13.5. The van der Waals surface area contributed by atoms with Crippen LogP contribution in [0.3, 0.4) is 0 Å². The van der Waals surface area contributed by atoms with Crippen LogP contribution < -0.4 is 9.47 Å². The number of hydrogen-bond donors (Lipinski definition) is 1. The van der Waals surface area contributed by atoms with Gasteiger partial charge in [0, 0.05) is 15.6 Å². The molecule has 142 valence electrons. The highest BCUT2D eigenvalue weighted by atomic mass is 79.9. The van der Waals surface area contributed by atoms with Crippen LogP contribution in [0.25, 0.3) is 6.08 Å². The Morgan fingerprint density at radius 3 is 2.43 bits per heavy atom. The zero-order valence-corrected chi connectivity index (χ0v) is 16.8. The second-order valence-electron chi connectivity index (χ2n) is 6.06. The van der Waals surface area contributed by atoms with Crippen molar-refractivity contribution in [1.29, 1.82) is 0 Å². The van der Waals surface area contributed by atoms with Crippen molar-refractivity contribution in [1.82, 2.24) is 0 Å². The largest absolute Gasteiger partial charge is 0.508 e. The summed E-state index contributed by atoms with van der Waals surface area (Å²) in [5, 5.41) is 9.32. The zero-order valence-electron chi connectivity index (χ0n) is 15.3. The van der Waals surface area contributed by atoms with Gasteiger partial charge in [-0.3, -0.25) is 4.79 Å². The van der Waals surface area contributed by atoms with Gasteiger partial charge in [-0.25, -0.2) is 0 Å². The van der Waals surface area contributed by atoms with E-state index in [1.54, 1.807) is 25.3 Å². The second-order valence-corrected chi connectivity index (χ2v) is 6.97. The molecule has 0 atom stereocenters. The van der Waals surface area contributed by atoms with Crippen molar-refractivity contribution in [2.45, 2.75) is 6.61 Å². The SMILES string of the molecule is COc1ccc(/C=C/C(=O)c2ccc(O)cc2)cc1COc1ccc(Br)cc1. The molecule has 3 aromatic rings. The summed E-state index contributed by atoms with van der Waals surface area (Å²) in [5.41, 5.74) is 2.26. The third-order valence-electron chi connectivity index (χ3n) is 4.09. The standard InChI is InChI=1S/C23H19BrO4/c1-27-23-13-3-16(2-12-22(26)17-4-8-20(25)9-5-17)14-18(23)15-28-21-10-6-19(24)7-11-21/h2-14,25H,15H2,1H3/b12-2+. The van der Waals surface area contributed by atoms with Crippen LogP contribution in [0.15, 0.2) is 77.3 Å². The van der Waals surface area contributed by atoms with E-state index >= 15 is 0 Å². The highest BCUT2D eigenvalue weighted by molar-refractivity contribution is 9.10. The van der Waals surface area contributed by atoms with Crippen molar-refractivity contribution in [3.63, 3.8) is 0 Å². The molecule has 1 N–H and O–H groups in total. The van der Waals surface area contributed by atoms with Gasteiger partial charge in [-0.1, -0.05) is 28.1 Å². The fourth-order valence-electron chi connectivity index (χ4n) is 2.60. The summed E-state index contributed by atoms with van der Waals surface area (Å²) in [6.45, 7) is 0.346. The topological polar surface area (TPSA) is 55.8 Å². The summed E-state index contributed by atoms with van der Waals surface area (Å²) in [5.74, 6) is 1.47. The number of ketones is 1. The molecule has 0 unspecified atom stereocenters. The fourth-order valence-corrected chi connectivity index (χ4v) is 2.87. The van der Waals surface area contributed by atoms with Gasteiger partial charge in [0.05, 0.1) is 7.11 Å². The second kappa shape index (κ2) is 9.24. The van der Waals surface area contributed by atoms with Crippen molar-refractivity contribution in [3.05, 3.63) is 94.0 Å². The highest BCUT2D eigenvalue weighted by Gasteiger charge is 2.06. The lowest BCUT2D eigenvalue weighted by molar-refractivity contribution is 0.104. The Labute approximate surface area is 172 Å². The Bertz CT molecular complexity index is 976. The molecule has 0 amide bonds. The van der Waals surface area contributed by atoms with E-state index < -0.39 is 0 Å².